The second-order valence-corrected chi connectivity index (χ2v) is 7.04. The third kappa shape index (κ3) is 4.58. The Morgan fingerprint density at radius 3 is 2.42 bits per heavy atom. The number of rotatable bonds is 5. The molecule has 1 saturated carbocycles. The number of halogens is 1. The van der Waals surface area contributed by atoms with Crippen molar-refractivity contribution < 1.29 is 9.59 Å². The number of hydrogen-bond acceptors (Lipinski definition) is 5. The lowest BCUT2D eigenvalue weighted by Gasteiger charge is -2.29. The summed E-state index contributed by atoms with van der Waals surface area (Å²) in [6, 6.07) is 9.05. The number of carbonyl (C=O) groups excluding carboxylic acids is 2. The maximum absolute atomic E-state index is 12.9. The third-order valence-corrected chi connectivity index (χ3v) is 5.11. The van der Waals surface area contributed by atoms with Gasteiger partial charge in [0.05, 0.1) is 5.70 Å². The van der Waals surface area contributed by atoms with Crippen molar-refractivity contribution in [1.29, 1.82) is 5.26 Å². The van der Waals surface area contributed by atoms with E-state index >= 15 is 0 Å². The van der Waals surface area contributed by atoms with Crippen molar-refractivity contribution in [2.24, 2.45) is 22.6 Å². The molecule has 2 atom stereocenters. The van der Waals surface area contributed by atoms with Crippen LogP contribution < -0.4 is 11.1 Å². The molecule has 0 aliphatic heterocycles. The number of hydrogen-bond donors (Lipinski definition) is 2. The van der Waals surface area contributed by atoms with Gasteiger partial charge in [-0.2, -0.15) is 5.26 Å². The molecule has 2 rings (SSSR count). The van der Waals surface area contributed by atoms with Crippen molar-refractivity contribution in [3.05, 3.63) is 46.2 Å². The van der Waals surface area contributed by atoms with Crippen molar-refractivity contribution in [3.63, 3.8) is 0 Å². The van der Waals surface area contributed by atoms with Gasteiger partial charge in [-0.15, -0.1) is 0 Å². The molecule has 136 valence electrons. The summed E-state index contributed by atoms with van der Waals surface area (Å²) in [7, 11) is 1.45. The number of aliphatic imine (C=N–C) groups is 1. The maximum atomic E-state index is 12.9. The van der Waals surface area contributed by atoms with E-state index in [4.69, 9.17) is 11.0 Å². The van der Waals surface area contributed by atoms with Crippen LogP contribution in [0.5, 0.6) is 0 Å². The molecule has 2 unspecified atom stereocenters. The molecule has 3 N–H and O–H groups in total. The molecule has 6 nitrogen and oxygen atoms in total. The zero-order chi connectivity index (χ0) is 19.1. The Bertz CT molecular complexity index is 778. The van der Waals surface area contributed by atoms with E-state index in [0.29, 0.717) is 18.4 Å². The van der Waals surface area contributed by atoms with Gasteiger partial charge in [0.2, 0.25) is 5.91 Å². The highest BCUT2D eigenvalue weighted by molar-refractivity contribution is 9.10. The first-order valence-corrected chi connectivity index (χ1v) is 9.21. The summed E-state index contributed by atoms with van der Waals surface area (Å²) >= 11 is 3.36. The fourth-order valence-electron chi connectivity index (χ4n) is 3.22. The lowest BCUT2D eigenvalue weighted by molar-refractivity contribution is -0.126. The number of carbonyl (C=O) groups is 2. The number of Topliss-reactive ketones (excluding diaryl/α,β-unsaturated/α-hetero) is 1. The van der Waals surface area contributed by atoms with Crippen molar-refractivity contribution in [2.75, 3.05) is 7.05 Å². The van der Waals surface area contributed by atoms with Crippen LogP contribution in [0, 0.1) is 23.2 Å². The van der Waals surface area contributed by atoms with Crippen molar-refractivity contribution >= 4 is 33.3 Å². The van der Waals surface area contributed by atoms with Gasteiger partial charge in [-0.1, -0.05) is 40.9 Å². The van der Waals surface area contributed by atoms with Gasteiger partial charge < -0.3 is 11.1 Å². The van der Waals surface area contributed by atoms with Crippen LogP contribution in [0.1, 0.15) is 36.0 Å². The Kier molecular flexibility index (Phi) is 7.10. The van der Waals surface area contributed by atoms with E-state index in [1.165, 1.54) is 7.05 Å². The fourth-order valence-corrected chi connectivity index (χ4v) is 3.49. The summed E-state index contributed by atoms with van der Waals surface area (Å²) in [5.41, 5.74) is 6.34. The van der Waals surface area contributed by atoms with Gasteiger partial charge in [-0.3, -0.25) is 14.6 Å². The minimum atomic E-state index is -0.452. The third-order valence-electron chi connectivity index (χ3n) is 4.58. The quantitative estimate of drug-likeness (QED) is 0.567. The van der Waals surface area contributed by atoms with Gasteiger partial charge in [-0.05, 0) is 25.0 Å². The highest BCUT2D eigenvalue weighted by Gasteiger charge is 2.36. The van der Waals surface area contributed by atoms with E-state index in [2.05, 4.69) is 26.2 Å². The van der Waals surface area contributed by atoms with Crippen LogP contribution in [0.4, 0.5) is 0 Å². The van der Waals surface area contributed by atoms with Gasteiger partial charge in [0.25, 0.3) is 0 Å². The molecule has 1 aromatic rings. The van der Waals surface area contributed by atoms with Crippen LogP contribution in [0.3, 0.4) is 0 Å². The Hall–Kier alpha value is -2.46. The highest BCUT2D eigenvalue weighted by atomic mass is 79.9. The lowest BCUT2D eigenvalue weighted by Crippen LogP contribution is -2.40. The lowest BCUT2D eigenvalue weighted by atomic mass is 9.75. The Labute approximate surface area is 161 Å². The molecule has 1 aromatic carbocycles. The number of nitrogens with two attached hydrogens (primary N) is 1. The van der Waals surface area contributed by atoms with Crippen LogP contribution in [0.15, 0.2) is 45.6 Å². The van der Waals surface area contributed by atoms with Gasteiger partial charge in [0, 0.05) is 35.1 Å². The second kappa shape index (κ2) is 9.30. The SMILES string of the molecule is CN=C(C#N)C(=CN)NC(=O)C1CCCCC1C(=O)c1ccc(Br)cc1. The first-order valence-electron chi connectivity index (χ1n) is 8.41. The molecule has 1 fully saturated rings. The average Bonchev–Trinajstić information content (AvgIpc) is 2.68. The largest absolute Gasteiger partial charge is 0.403 e. The number of amides is 1. The molecule has 0 spiro atoms. The van der Waals surface area contributed by atoms with Crippen molar-refractivity contribution in [2.45, 2.75) is 25.7 Å². The molecule has 1 aliphatic rings. The summed E-state index contributed by atoms with van der Waals surface area (Å²) in [5, 5.41) is 11.7. The number of ketones is 1. The minimum absolute atomic E-state index is 0.0275. The van der Waals surface area contributed by atoms with Gasteiger partial charge >= 0.3 is 0 Å². The zero-order valence-corrected chi connectivity index (χ0v) is 16.1. The topological polar surface area (TPSA) is 108 Å². The fraction of sp³-hybridized carbons (Fsp3) is 0.368. The summed E-state index contributed by atoms with van der Waals surface area (Å²) in [5.74, 6) is -1.16. The summed E-state index contributed by atoms with van der Waals surface area (Å²) in [6.07, 6.45) is 4.24. The van der Waals surface area contributed by atoms with E-state index in [-0.39, 0.29) is 29.0 Å². The van der Waals surface area contributed by atoms with E-state index in [0.717, 1.165) is 23.5 Å². The molecule has 1 aliphatic carbocycles. The van der Waals surface area contributed by atoms with Crippen LogP contribution >= 0.6 is 15.9 Å². The molecule has 0 heterocycles. The van der Waals surface area contributed by atoms with Crippen molar-refractivity contribution in [1.82, 2.24) is 5.32 Å². The first kappa shape index (κ1) is 19.9. The summed E-state index contributed by atoms with van der Waals surface area (Å²) in [4.78, 5) is 29.5. The monoisotopic (exact) mass is 416 g/mol. The van der Waals surface area contributed by atoms with E-state index in [9.17, 15) is 9.59 Å². The smallest absolute Gasteiger partial charge is 0.228 e. The Morgan fingerprint density at radius 1 is 1.27 bits per heavy atom. The Morgan fingerprint density at radius 2 is 1.88 bits per heavy atom. The predicted molar refractivity (Wildman–Crippen MR) is 103 cm³/mol. The molecular formula is C19H21BrN4O2. The highest BCUT2D eigenvalue weighted by Crippen LogP contribution is 2.33. The average molecular weight is 417 g/mol. The zero-order valence-electron chi connectivity index (χ0n) is 14.5. The van der Waals surface area contributed by atoms with Gasteiger partial charge in [0.1, 0.15) is 6.07 Å². The minimum Gasteiger partial charge on any atom is -0.403 e. The maximum Gasteiger partial charge on any atom is 0.228 e. The molecular weight excluding hydrogens is 396 g/mol. The van der Waals surface area contributed by atoms with Crippen LogP contribution in [-0.2, 0) is 4.79 Å². The number of allylic oxidation sites excluding steroid dienone is 1. The van der Waals surface area contributed by atoms with E-state index in [1.807, 2.05) is 18.2 Å². The summed E-state index contributed by atoms with van der Waals surface area (Å²) < 4.78 is 0.896. The van der Waals surface area contributed by atoms with Crippen LogP contribution in [0.25, 0.3) is 0 Å². The summed E-state index contributed by atoms with van der Waals surface area (Å²) in [6.45, 7) is 0. The van der Waals surface area contributed by atoms with Gasteiger partial charge in [-0.25, -0.2) is 0 Å². The molecule has 26 heavy (non-hydrogen) atoms. The number of nitrogens with one attached hydrogen (secondary N) is 1. The molecule has 0 bridgehead atoms. The van der Waals surface area contributed by atoms with Crippen LogP contribution in [0.2, 0.25) is 0 Å². The Balaban J connectivity index is 2.20. The second-order valence-electron chi connectivity index (χ2n) is 6.12. The standard InChI is InChI=1S/C19H21BrN4O2/c1-23-16(10-21)17(11-22)24-19(26)15-5-3-2-4-14(15)18(25)12-6-8-13(20)9-7-12/h6-9,11,14-15H,2-5,22H2,1H3,(H,24,26). The number of nitriles is 1. The van der Waals surface area contributed by atoms with Crippen molar-refractivity contribution in [3.8, 4) is 6.07 Å². The molecule has 1 amide bonds. The molecule has 0 aromatic heterocycles. The molecule has 0 saturated heterocycles. The van der Waals surface area contributed by atoms with E-state index in [1.54, 1.807) is 12.1 Å². The molecule has 7 heteroatoms. The number of nitrogens with zero attached hydrogens (tertiary/aromatic N) is 2. The van der Waals surface area contributed by atoms with Gasteiger partial charge in [0.15, 0.2) is 11.5 Å². The molecule has 0 radical (unpaired) electrons. The normalized spacial score (nSPS) is 21.0. The first-order chi connectivity index (χ1) is 12.5. The van der Waals surface area contributed by atoms with Crippen LogP contribution in [-0.4, -0.2) is 24.4 Å². The predicted octanol–water partition coefficient (Wildman–Crippen LogP) is 2.95. The number of benzene rings is 1. The van der Waals surface area contributed by atoms with E-state index < -0.39 is 5.92 Å².